The second kappa shape index (κ2) is 2.24. The molecule has 1 aliphatic heterocycles. The first-order chi connectivity index (χ1) is 3.80. The van der Waals surface area contributed by atoms with Crippen LogP contribution in [0.15, 0.2) is 23.3 Å². The molecule has 0 aromatic carbocycles. The van der Waals surface area contributed by atoms with Crippen LogP contribution in [-0.4, -0.2) is 10.2 Å². The van der Waals surface area contributed by atoms with Crippen LogP contribution in [0, 0.1) is 5.44 Å². The summed E-state index contributed by atoms with van der Waals surface area (Å²) in [4.78, 5) is 0. The Bertz CT molecular complexity index is 139. The fourth-order valence-electron chi connectivity index (χ4n) is 0.366. The van der Waals surface area contributed by atoms with Gasteiger partial charge in [0.15, 0.2) is 0 Å². The van der Waals surface area contributed by atoms with E-state index in [1.807, 2.05) is 0 Å². The molecule has 0 amide bonds. The topological polar surface area (TPSA) is 40.5 Å². The van der Waals surface area contributed by atoms with Gasteiger partial charge in [-0.2, -0.15) is 0 Å². The molecule has 0 bridgehead atoms. The molecule has 0 atom stereocenters. The molecule has 0 saturated carbocycles. The van der Waals surface area contributed by atoms with Gasteiger partial charge in [0, 0.05) is 0 Å². The second-order valence-electron chi connectivity index (χ2n) is 1.30. The Balaban J connectivity index is 2.66. The van der Waals surface area contributed by atoms with E-state index in [0.29, 0.717) is 0 Å². The molecule has 1 heterocycles. The molecular weight excluding hydrogens is 124 g/mol. The van der Waals surface area contributed by atoms with E-state index < -0.39 is 0 Å². The van der Waals surface area contributed by atoms with Gasteiger partial charge in [0.1, 0.15) is 5.76 Å². The van der Waals surface area contributed by atoms with Gasteiger partial charge < -0.3 is 10.2 Å². The molecule has 0 fully saturated rings. The van der Waals surface area contributed by atoms with Crippen LogP contribution in [0.4, 0.5) is 0 Å². The lowest BCUT2D eigenvalue weighted by Crippen LogP contribution is -1.94. The maximum Gasteiger partial charge on any atom is 0.218 e. The van der Waals surface area contributed by atoms with Crippen LogP contribution in [0.3, 0.4) is 0 Å². The minimum atomic E-state index is -0.0579. The minimum absolute atomic E-state index is 0.0347. The van der Waals surface area contributed by atoms with Crippen LogP contribution in [0.1, 0.15) is 0 Å². The number of thioether (sulfide) groups is 1. The quantitative estimate of drug-likeness (QED) is 0.521. The summed E-state index contributed by atoms with van der Waals surface area (Å²) in [6.45, 7) is 0. The maximum absolute atomic E-state index is 8.69. The van der Waals surface area contributed by atoms with Crippen molar-refractivity contribution in [2.75, 3.05) is 0 Å². The Morgan fingerprint density at radius 2 is 2.12 bits per heavy atom. The third-order valence-corrected chi connectivity index (χ3v) is 1.46. The second-order valence-corrected chi connectivity index (χ2v) is 2.20. The first-order valence-corrected chi connectivity index (χ1v) is 2.97. The zero-order valence-electron chi connectivity index (χ0n) is 4.03. The van der Waals surface area contributed by atoms with Crippen LogP contribution in [-0.2, 0) is 0 Å². The standard InChI is InChI=1S/C5H5O2S/c6-4-2-1-3-8-5(4)7/h1-3,6-7H. The van der Waals surface area contributed by atoms with Crippen molar-refractivity contribution in [1.29, 1.82) is 0 Å². The lowest BCUT2D eigenvalue weighted by molar-refractivity contribution is 0.300. The number of hydrogen-bond acceptors (Lipinski definition) is 3. The highest BCUT2D eigenvalue weighted by Gasteiger charge is 2.10. The van der Waals surface area contributed by atoms with Gasteiger partial charge in [-0.1, -0.05) is 17.8 Å². The van der Waals surface area contributed by atoms with Gasteiger partial charge in [0.05, 0.1) is 0 Å². The van der Waals surface area contributed by atoms with Gasteiger partial charge in [0.25, 0.3) is 0 Å². The number of allylic oxidation sites excluding steroid dienone is 2. The Labute approximate surface area is 51.5 Å². The summed E-state index contributed by atoms with van der Waals surface area (Å²) < 4.78 is 0. The molecule has 1 rings (SSSR count). The van der Waals surface area contributed by atoms with Crippen molar-refractivity contribution in [3.8, 4) is 0 Å². The summed E-state index contributed by atoms with van der Waals surface area (Å²) in [6, 6.07) is 0. The molecule has 0 aliphatic carbocycles. The summed E-state index contributed by atoms with van der Waals surface area (Å²) in [7, 11) is 0. The van der Waals surface area contributed by atoms with Gasteiger partial charge in [-0.25, -0.2) is 0 Å². The molecule has 43 valence electrons. The molecule has 0 saturated heterocycles. The van der Waals surface area contributed by atoms with Crippen molar-refractivity contribution in [3.63, 3.8) is 0 Å². The van der Waals surface area contributed by atoms with E-state index in [9.17, 15) is 0 Å². The van der Waals surface area contributed by atoms with Crippen LogP contribution < -0.4 is 0 Å². The molecule has 2 N–H and O–H groups in total. The SMILES string of the molecule is O[C]1SC=CC=C1O. The lowest BCUT2D eigenvalue weighted by atomic mass is 10.4. The first-order valence-electron chi connectivity index (χ1n) is 2.09. The molecule has 2 nitrogen and oxygen atoms in total. The Morgan fingerprint density at radius 3 is 2.50 bits per heavy atom. The zero-order valence-corrected chi connectivity index (χ0v) is 4.85. The van der Waals surface area contributed by atoms with Crippen LogP contribution in [0.25, 0.3) is 0 Å². The number of aliphatic hydroxyl groups is 2. The number of aliphatic hydroxyl groups excluding tert-OH is 2. The summed E-state index contributed by atoms with van der Waals surface area (Å²) in [6.07, 6.45) is 3.10. The van der Waals surface area contributed by atoms with Gasteiger partial charge in [-0.3, -0.25) is 0 Å². The average molecular weight is 129 g/mol. The van der Waals surface area contributed by atoms with E-state index in [1.54, 1.807) is 11.5 Å². The number of rotatable bonds is 0. The van der Waals surface area contributed by atoms with E-state index >= 15 is 0 Å². The van der Waals surface area contributed by atoms with E-state index in [2.05, 4.69) is 0 Å². The highest BCUT2D eigenvalue weighted by atomic mass is 32.2. The predicted octanol–water partition coefficient (Wildman–Crippen LogP) is 1.55. The maximum atomic E-state index is 8.69. The molecule has 8 heavy (non-hydrogen) atoms. The Kier molecular flexibility index (Phi) is 1.60. The molecule has 1 radical (unpaired) electrons. The predicted molar refractivity (Wildman–Crippen MR) is 32.6 cm³/mol. The molecule has 3 heteroatoms. The van der Waals surface area contributed by atoms with Gasteiger partial charge in [-0.05, 0) is 11.5 Å². The molecular formula is C5H5O2S. The summed E-state index contributed by atoms with van der Waals surface area (Å²) in [5.74, 6) is -0.0579. The van der Waals surface area contributed by atoms with Crippen molar-refractivity contribution < 1.29 is 10.2 Å². The van der Waals surface area contributed by atoms with Crippen molar-refractivity contribution >= 4 is 11.8 Å². The monoisotopic (exact) mass is 129 g/mol. The van der Waals surface area contributed by atoms with Crippen LogP contribution >= 0.6 is 11.8 Å². The highest BCUT2D eigenvalue weighted by molar-refractivity contribution is 8.04. The largest absolute Gasteiger partial charge is 0.508 e. The van der Waals surface area contributed by atoms with Crippen LogP contribution in [0.5, 0.6) is 0 Å². The molecule has 0 spiro atoms. The highest BCUT2D eigenvalue weighted by Crippen LogP contribution is 2.26. The van der Waals surface area contributed by atoms with E-state index in [0.717, 1.165) is 11.8 Å². The molecule has 0 aromatic rings. The summed E-state index contributed by atoms with van der Waals surface area (Å²) in [5, 5.41) is 19.1. The normalized spacial score (nSPS) is 20.9. The first kappa shape index (κ1) is 5.72. The van der Waals surface area contributed by atoms with Crippen molar-refractivity contribution in [1.82, 2.24) is 0 Å². The molecule has 0 unspecified atom stereocenters. The lowest BCUT2D eigenvalue weighted by Gasteiger charge is -2.05. The minimum Gasteiger partial charge on any atom is -0.508 e. The van der Waals surface area contributed by atoms with Gasteiger partial charge in [-0.15, -0.1) is 0 Å². The van der Waals surface area contributed by atoms with Crippen molar-refractivity contribution in [2.45, 2.75) is 0 Å². The van der Waals surface area contributed by atoms with E-state index in [1.165, 1.54) is 6.08 Å². The van der Waals surface area contributed by atoms with Crippen LogP contribution in [0.2, 0.25) is 0 Å². The van der Waals surface area contributed by atoms with Crippen molar-refractivity contribution in [3.05, 3.63) is 28.8 Å². The Hall–Kier alpha value is -0.410. The fraction of sp³-hybridized carbons (Fsp3) is 0. The summed E-state index contributed by atoms with van der Waals surface area (Å²) in [5.41, 5.74) is -0.0347. The van der Waals surface area contributed by atoms with Crippen molar-refractivity contribution in [2.24, 2.45) is 0 Å². The molecule has 0 aromatic heterocycles. The van der Waals surface area contributed by atoms with E-state index in [4.69, 9.17) is 10.2 Å². The third kappa shape index (κ3) is 1.05. The average Bonchev–Trinajstić information content (AvgIpc) is 1.77. The van der Waals surface area contributed by atoms with Gasteiger partial charge >= 0.3 is 0 Å². The Morgan fingerprint density at radius 1 is 1.38 bits per heavy atom. The molecule has 1 aliphatic rings. The smallest absolute Gasteiger partial charge is 0.218 e. The summed E-state index contributed by atoms with van der Waals surface area (Å²) >= 11 is 1.10. The number of hydrogen-bond donors (Lipinski definition) is 2. The van der Waals surface area contributed by atoms with E-state index in [-0.39, 0.29) is 11.2 Å². The van der Waals surface area contributed by atoms with Gasteiger partial charge in [0.2, 0.25) is 5.44 Å². The third-order valence-electron chi connectivity index (χ3n) is 0.731. The zero-order chi connectivity index (χ0) is 5.98. The fourth-order valence-corrected chi connectivity index (χ4v) is 0.841.